The molecule has 8 heteroatoms. The van der Waals surface area contributed by atoms with Gasteiger partial charge in [0.1, 0.15) is 23.9 Å². The SMILES string of the molecule is COc1ccc2nc(COc3ccc(CC(S)C(=O)NC=O)cc3)n(C)c2c1. The molecule has 1 heterocycles. The molecule has 1 atom stereocenters. The number of thiol groups is 1. The lowest BCUT2D eigenvalue weighted by Gasteiger charge is -2.10. The summed E-state index contributed by atoms with van der Waals surface area (Å²) in [7, 11) is 3.57. The maximum absolute atomic E-state index is 11.6. The number of nitrogens with one attached hydrogen (secondary N) is 1. The van der Waals surface area contributed by atoms with Crippen molar-refractivity contribution in [3.05, 3.63) is 53.9 Å². The molecule has 0 spiro atoms. The lowest BCUT2D eigenvalue weighted by molar-refractivity contribution is -0.124. The zero-order valence-corrected chi connectivity index (χ0v) is 16.5. The van der Waals surface area contributed by atoms with Gasteiger partial charge in [-0.25, -0.2) is 4.98 Å². The number of benzene rings is 2. The summed E-state index contributed by atoms with van der Waals surface area (Å²) in [6, 6.07) is 13.1. The van der Waals surface area contributed by atoms with Gasteiger partial charge in [0, 0.05) is 13.1 Å². The van der Waals surface area contributed by atoms with E-state index in [0.29, 0.717) is 25.2 Å². The summed E-state index contributed by atoms with van der Waals surface area (Å²) < 4.78 is 13.1. The molecule has 0 saturated carbocycles. The van der Waals surface area contributed by atoms with Crippen molar-refractivity contribution in [3.8, 4) is 11.5 Å². The van der Waals surface area contributed by atoms with Crippen molar-refractivity contribution in [1.29, 1.82) is 0 Å². The number of imidazole rings is 1. The number of ether oxygens (including phenoxy) is 2. The fraction of sp³-hybridized carbons (Fsp3) is 0.250. The van der Waals surface area contributed by atoms with Crippen LogP contribution in [0.15, 0.2) is 42.5 Å². The second kappa shape index (κ2) is 8.79. The third-order valence-electron chi connectivity index (χ3n) is 4.40. The van der Waals surface area contributed by atoms with Crippen LogP contribution in [0.1, 0.15) is 11.4 Å². The lowest BCUT2D eigenvalue weighted by Crippen LogP contribution is -2.31. The van der Waals surface area contributed by atoms with Crippen molar-refractivity contribution in [1.82, 2.24) is 14.9 Å². The van der Waals surface area contributed by atoms with Gasteiger partial charge in [-0.15, -0.1) is 0 Å². The van der Waals surface area contributed by atoms with Gasteiger partial charge in [-0.05, 0) is 36.2 Å². The summed E-state index contributed by atoms with van der Waals surface area (Å²) in [6.07, 6.45) is 0.773. The fourth-order valence-electron chi connectivity index (χ4n) is 2.82. The van der Waals surface area contributed by atoms with Crippen molar-refractivity contribution in [2.45, 2.75) is 18.3 Å². The predicted molar refractivity (Wildman–Crippen MR) is 109 cm³/mol. The molecule has 0 radical (unpaired) electrons. The maximum atomic E-state index is 11.6. The number of hydrogen-bond acceptors (Lipinski definition) is 6. The van der Waals surface area contributed by atoms with Crippen LogP contribution in [0.5, 0.6) is 11.5 Å². The zero-order valence-electron chi connectivity index (χ0n) is 15.6. The number of methoxy groups -OCH3 is 1. The summed E-state index contributed by atoms with van der Waals surface area (Å²) in [6.45, 7) is 0.323. The van der Waals surface area contributed by atoms with Gasteiger partial charge >= 0.3 is 0 Å². The van der Waals surface area contributed by atoms with Crippen molar-refractivity contribution in [2.24, 2.45) is 7.05 Å². The molecule has 3 rings (SSSR count). The van der Waals surface area contributed by atoms with Gasteiger partial charge in [-0.3, -0.25) is 14.9 Å². The minimum atomic E-state index is -0.589. The molecule has 0 aliphatic heterocycles. The molecule has 0 bridgehead atoms. The fourth-order valence-corrected chi connectivity index (χ4v) is 3.10. The Labute approximate surface area is 168 Å². The van der Waals surface area contributed by atoms with Crippen LogP contribution >= 0.6 is 12.6 Å². The van der Waals surface area contributed by atoms with Gasteiger partial charge in [-0.1, -0.05) is 12.1 Å². The zero-order chi connectivity index (χ0) is 20.1. The van der Waals surface area contributed by atoms with E-state index in [0.717, 1.165) is 28.2 Å². The second-order valence-corrected chi connectivity index (χ2v) is 6.84. The monoisotopic (exact) mass is 399 g/mol. The van der Waals surface area contributed by atoms with Crippen molar-refractivity contribution in [2.75, 3.05) is 7.11 Å². The Kier molecular flexibility index (Phi) is 6.20. The Bertz CT molecular complexity index is 985. The molecule has 7 nitrogen and oxygen atoms in total. The quantitative estimate of drug-likeness (QED) is 0.449. The predicted octanol–water partition coefficient (Wildman–Crippen LogP) is 2.27. The van der Waals surface area contributed by atoms with Gasteiger partial charge < -0.3 is 14.0 Å². The van der Waals surface area contributed by atoms with Gasteiger partial charge in [0.05, 0.1) is 23.4 Å². The molecule has 0 aliphatic rings. The first-order valence-electron chi connectivity index (χ1n) is 8.65. The van der Waals surface area contributed by atoms with Crippen LogP contribution in [0.2, 0.25) is 0 Å². The van der Waals surface area contributed by atoms with Crippen LogP contribution in [-0.2, 0) is 29.7 Å². The van der Waals surface area contributed by atoms with Crippen molar-refractivity contribution in [3.63, 3.8) is 0 Å². The number of imide groups is 1. The van der Waals surface area contributed by atoms with Crippen LogP contribution in [0, 0.1) is 0 Å². The topological polar surface area (TPSA) is 82.5 Å². The van der Waals surface area contributed by atoms with Crippen LogP contribution in [0.25, 0.3) is 11.0 Å². The highest BCUT2D eigenvalue weighted by Gasteiger charge is 2.14. The normalized spacial score (nSPS) is 11.8. The Morgan fingerprint density at radius 2 is 1.96 bits per heavy atom. The summed E-state index contributed by atoms with van der Waals surface area (Å²) in [5.41, 5.74) is 2.77. The van der Waals surface area contributed by atoms with E-state index in [1.54, 1.807) is 7.11 Å². The summed E-state index contributed by atoms with van der Waals surface area (Å²) in [5.74, 6) is 1.86. The molecular formula is C20H21N3O4S. The Morgan fingerprint density at radius 1 is 1.25 bits per heavy atom. The highest BCUT2D eigenvalue weighted by molar-refractivity contribution is 7.81. The van der Waals surface area contributed by atoms with Crippen LogP contribution in [-0.4, -0.2) is 34.2 Å². The molecule has 1 N–H and O–H groups in total. The lowest BCUT2D eigenvalue weighted by atomic mass is 10.1. The number of hydrogen-bond donors (Lipinski definition) is 2. The van der Waals surface area contributed by atoms with Gasteiger partial charge in [0.25, 0.3) is 0 Å². The first kappa shape index (κ1) is 19.8. The molecule has 0 saturated heterocycles. The number of aryl methyl sites for hydroxylation is 1. The smallest absolute Gasteiger partial charge is 0.239 e. The minimum Gasteiger partial charge on any atom is -0.497 e. The Hall–Kier alpha value is -3.00. The van der Waals surface area contributed by atoms with Gasteiger partial charge in [-0.2, -0.15) is 12.6 Å². The molecule has 3 aromatic rings. The van der Waals surface area contributed by atoms with E-state index in [4.69, 9.17) is 9.47 Å². The third-order valence-corrected chi connectivity index (χ3v) is 4.82. The molecule has 2 aromatic carbocycles. The number of carbonyl (C=O) groups is 2. The number of amides is 2. The van der Waals surface area contributed by atoms with E-state index < -0.39 is 11.2 Å². The summed E-state index contributed by atoms with van der Waals surface area (Å²) >= 11 is 4.21. The highest BCUT2D eigenvalue weighted by atomic mass is 32.1. The maximum Gasteiger partial charge on any atom is 0.239 e. The molecular weight excluding hydrogens is 378 g/mol. The van der Waals surface area contributed by atoms with E-state index in [2.05, 4.69) is 22.9 Å². The van der Waals surface area contributed by atoms with Crippen LogP contribution in [0.3, 0.4) is 0 Å². The number of carbonyl (C=O) groups excluding carboxylic acids is 2. The van der Waals surface area contributed by atoms with Crippen molar-refractivity contribution >= 4 is 36.0 Å². The average Bonchev–Trinajstić information content (AvgIpc) is 3.02. The van der Waals surface area contributed by atoms with E-state index in [1.165, 1.54) is 0 Å². The molecule has 0 fully saturated rings. The average molecular weight is 399 g/mol. The van der Waals surface area contributed by atoms with E-state index in [-0.39, 0.29) is 0 Å². The number of nitrogens with zero attached hydrogens (tertiary/aromatic N) is 2. The minimum absolute atomic E-state index is 0.323. The Balaban J connectivity index is 1.63. The molecule has 1 unspecified atom stereocenters. The highest BCUT2D eigenvalue weighted by Crippen LogP contribution is 2.22. The van der Waals surface area contributed by atoms with Gasteiger partial charge in [0.2, 0.25) is 12.3 Å². The number of aromatic nitrogens is 2. The third kappa shape index (κ3) is 4.45. The van der Waals surface area contributed by atoms with Crippen molar-refractivity contribution < 1.29 is 19.1 Å². The number of rotatable bonds is 8. The first-order chi connectivity index (χ1) is 13.5. The standard InChI is InChI=1S/C20H21N3O4S/c1-23-17-10-15(26-2)7-8-16(17)22-19(23)11-27-14-5-3-13(4-6-14)9-18(28)20(25)21-12-24/h3-8,10,12,18,28H,9,11H2,1-2H3,(H,21,24,25). The first-order valence-corrected chi connectivity index (χ1v) is 9.16. The molecule has 0 aliphatic carbocycles. The molecule has 2 amide bonds. The molecule has 1 aromatic heterocycles. The van der Waals surface area contributed by atoms with Gasteiger partial charge in [0.15, 0.2) is 0 Å². The van der Waals surface area contributed by atoms with Crippen LogP contribution in [0.4, 0.5) is 0 Å². The summed E-state index contributed by atoms with van der Waals surface area (Å²) in [4.78, 5) is 26.5. The van der Waals surface area contributed by atoms with E-state index >= 15 is 0 Å². The van der Waals surface area contributed by atoms with E-state index in [9.17, 15) is 9.59 Å². The second-order valence-electron chi connectivity index (χ2n) is 6.22. The largest absolute Gasteiger partial charge is 0.497 e. The number of fused-ring (bicyclic) bond motifs is 1. The summed E-state index contributed by atoms with van der Waals surface area (Å²) in [5, 5.41) is 1.51. The van der Waals surface area contributed by atoms with Crippen LogP contribution < -0.4 is 14.8 Å². The Morgan fingerprint density at radius 3 is 2.64 bits per heavy atom. The molecule has 28 heavy (non-hydrogen) atoms. The molecule has 146 valence electrons. The van der Waals surface area contributed by atoms with E-state index in [1.807, 2.05) is 54.1 Å².